The van der Waals surface area contributed by atoms with Gasteiger partial charge in [-0.25, -0.2) is 0 Å². The molecule has 0 amide bonds. The second-order valence-corrected chi connectivity index (χ2v) is 6.64. The third-order valence-corrected chi connectivity index (χ3v) is 3.73. The fourth-order valence-corrected chi connectivity index (χ4v) is 3.13. The van der Waals surface area contributed by atoms with Crippen LogP contribution in [0.15, 0.2) is 11.6 Å². The Morgan fingerprint density at radius 2 is 1.72 bits per heavy atom. The summed E-state index contributed by atoms with van der Waals surface area (Å²) in [6, 6.07) is 0. The lowest BCUT2D eigenvalue weighted by molar-refractivity contribution is 0.307. The van der Waals surface area contributed by atoms with Crippen molar-refractivity contribution in [3.05, 3.63) is 11.6 Å². The van der Waals surface area contributed by atoms with Crippen molar-refractivity contribution < 1.29 is 0 Å². The molecule has 2 atom stereocenters. The van der Waals surface area contributed by atoms with Crippen LogP contribution in [0.25, 0.3) is 0 Å². The van der Waals surface area contributed by atoms with Gasteiger partial charge < -0.3 is 0 Å². The molecule has 0 rings (SSSR count). The lowest BCUT2D eigenvalue weighted by Crippen LogP contribution is -2.10. The highest BCUT2D eigenvalue weighted by Crippen LogP contribution is 2.28. The van der Waals surface area contributed by atoms with Gasteiger partial charge in [-0.1, -0.05) is 65.5 Å². The van der Waals surface area contributed by atoms with Crippen molar-refractivity contribution in [3.63, 3.8) is 0 Å². The molecule has 0 nitrogen and oxygen atoms in total. The van der Waals surface area contributed by atoms with Crippen LogP contribution in [0, 0.1) is 17.8 Å². The molecule has 2 unspecified atom stereocenters. The molecule has 0 saturated carbocycles. The van der Waals surface area contributed by atoms with Gasteiger partial charge in [-0.05, 0) is 50.4 Å². The Morgan fingerprint density at radius 3 is 2.22 bits per heavy atom. The number of rotatable bonds is 10. The molecule has 18 heavy (non-hydrogen) atoms. The molecular weight excluding hydrogens is 216 g/mol. The molecule has 0 saturated heterocycles. The van der Waals surface area contributed by atoms with Crippen molar-refractivity contribution in [1.29, 1.82) is 0 Å². The molecule has 0 bridgehead atoms. The maximum Gasteiger partial charge on any atom is -0.0297 e. The van der Waals surface area contributed by atoms with Gasteiger partial charge in [0.1, 0.15) is 0 Å². The molecule has 0 aromatic carbocycles. The first kappa shape index (κ1) is 17.7. The van der Waals surface area contributed by atoms with Crippen LogP contribution < -0.4 is 0 Å². The minimum atomic E-state index is 0.853. The number of unbranched alkanes of at least 4 members (excludes halogenated alkanes) is 1. The Labute approximate surface area is 116 Å². The van der Waals surface area contributed by atoms with Gasteiger partial charge in [0, 0.05) is 0 Å². The van der Waals surface area contributed by atoms with Crippen LogP contribution in [-0.4, -0.2) is 0 Å². The summed E-state index contributed by atoms with van der Waals surface area (Å²) in [5, 5.41) is 0. The van der Waals surface area contributed by atoms with Crippen molar-refractivity contribution in [2.75, 3.05) is 0 Å². The zero-order valence-electron chi connectivity index (χ0n) is 13.8. The lowest BCUT2D eigenvalue weighted by atomic mass is 9.83. The van der Waals surface area contributed by atoms with Crippen LogP contribution in [0.4, 0.5) is 0 Å². The highest BCUT2D eigenvalue weighted by atomic mass is 14.2. The third-order valence-electron chi connectivity index (χ3n) is 3.73. The fraction of sp³-hybridized carbons (Fsp3) is 0.889. The molecule has 0 spiro atoms. The summed E-state index contributed by atoms with van der Waals surface area (Å²) in [5.41, 5.74) is 1.59. The summed E-state index contributed by atoms with van der Waals surface area (Å²) in [6.07, 6.45) is 11.9. The second-order valence-electron chi connectivity index (χ2n) is 6.64. The molecule has 0 N–H and O–H groups in total. The Kier molecular flexibility index (Phi) is 10.5. The fourth-order valence-electron chi connectivity index (χ4n) is 3.13. The smallest absolute Gasteiger partial charge is 0.0297 e. The average molecular weight is 252 g/mol. The van der Waals surface area contributed by atoms with E-state index >= 15 is 0 Å². The van der Waals surface area contributed by atoms with Crippen LogP contribution in [0.3, 0.4) is 0 Å². The minimum absolute atomic E-state index is 0.853. The van der Waals surface area contributed by atoms with Crippen LogP contribution in [0.1, 0.15) is 86.5 Å². The van der Waals surface area contributed by atoms with Crippen molar-refractivity contribution in [1.82, 2.24) is 0 Å². The summed E-state index contributed by atoms with van der Waals surface area (Å²) in [4.78, 5) is 0. The quantitative estimate of drug-likeness (QED) is 0.384. The first-order valence-corrected chi connectivity index (χ1v) is 8.15. The average Bonchev–Trinajstić information content (AvgIpc) is 2.25. The van der Waals surface area contributed by atoms with E-state index < -0.39 is 0 Å². The van der Waals surface area contributed by atoms with Crippen LogP contribution >= 0.6 is 0 Å². The van der Waals surface area contributed by atoms with E-state index in [1.54, 1.807) is 5.57 Å². The van der Waals surface area contributed by atoms with E-state index in [9.17, 15) is 0 Å². The zero-order valence-corrected chi connectivity index (χ0v) is 13.8. The molecule has 0 heterocycles. The largest absolute Gasteiger partial charge is 0.0859 e. The molecule has 0 aliphatic rings. The normalized spacial score (nSPS) is 16.1. The van der Waals surface area contributed by atoms with Gasteiger partial charge in [0.05, 0.1) is 0 Å². The van der Waals surface area contributed by atoms with Crippen molar-refractivity contribution >= 4 is 0 Å². The summed E-state index contributed by atoms with van der Waals surface area (Å²) >= 11 is 0. The van der Waals surface area contributed by atoms with E-state index in [-0.39, 0.29) is 0 Å². The summed E-state index contributed by atoms with van der Waals surface area (Å²) in [5.74, 6) is 2.66. The lowest BCUT2D eigenvalue weighted by Gasteiger charge is -2.23. The maximum atomic E-state index is 2.44. The topological polar surface area (TPSA) is 0 Å². The molecule has 0 fully saturated rings. The predicted octanol–water partition coefficient (Wildman–Crippen LogP) is 6.61. The van der Waals surface area contributed by atoms with Gasteiger partial charge in [-0.2, -0.15) is 0 Å². The Balaban J connectivity index is 4.15. The standard InChI is InChI=1S/C18H36/c1-7-9-11-18(12-15(3)4)14-17(6)13-16(5)10-8-2/h10,15,17-18H,7-9,11-14H2,1-6H3. The van der Waals surface area contributed by atoms with E-state index in [2.05, 4.69) is 47.6 Å². The molecule has 0 aromatic heterocycles. The molecule has 0 radical (unpaired) electrons. The van der Waals surface area contributed by atoms with Crippen LogP contribution in [0.2, 0.25) is 0 Å². The highest BCUT2D eigenvalue weighted by Gasteiger charge is 2.14. The minimum Gasteiger partial charge on any atom is -0.0859 e. The summed E-state index contributed by atoms with van der Waals surface area (Å²) in [7, 11) is 0. The molecule has 0 heteroatoms. The monoisotopic (exact) mass is 252 g/mol. The number of hydrogen-bond donors (Lipinski definition) is 0. The van der Waals surface area contributed by atoms with Crippen LogP contribution in [-0.2, 0) is 0 Å². The van der Waals surface area contributed by atoms with Crippen molar-refractivity contribution in [2.45, 2.75) is 86.5 Å². The van der Waals surface area contributed by atoms with E-state index in [1.807, 2.05) is 0 Å². The predicted molar refractivity (Wildman–Crippen MR) is 84.9 cm³/mol. The Bertz CT molecular complexity index is 212. The Morgan fingerprint density at radius 1 is 1.06 bits per heavy atom. The Hall–Kier alpha value is -0.260. The van der Waals surface area contributed by atoms with E-state index in [0.717, 1.165) is 17.8 Å². The van der Waals surface area contributed by atoms with Crippen molar-refractivity contribution in [2.24, 2.45) is 17.8 Å². The second kappa shape index (κ2) is 10.6. The van der Waals surface area contributed by atoms with Gasteiger partial charge in [-0.15, -0.1) is 0 Å². The third kappa shape index (κ3) is 9.74. The van der Waals surface area contributed by atoms with Gasteiger partial charge in [0.25, 0.3) is 0 Å². The zero-order chi connectivity index (χ0) is 14.0. The van der Waals surface area contributed by atoms with Gasteiger partial charge >= 0.3 is 0 Å². The SMILES string of the molecule is CCC=C(C)CC(C)CC(CCCC)CC(C)C. The van der Waals surface area contributed by atoms with Gasteiger partial charge in [0.15, 0.2) is 0 Å². The van der Waals surface area contributed by atoms with Gasteiger partial charge in [-0.3, -0.25) is 0 Å². The first-order chi connectivity index (χ1) is 8.49. The van der Waals surface area contributed by atoms with E-state index in [0.29, 0.717) is 0 Å². The molecular formula is C18H36. The molecule has 108 valence electrons. The first-order valence-electron chi connectivity index (χ1n) is 8.15. The maximum absolute atomic E-state index is 2.44. The van der Waals surface area contributed by atoms with Crippen LogP contribution in [0.5, 0.6) is 0 Å². The summed E-state index contributed by atoms with van der Waals surface area (Å²) in [6.45, 7) is 14.0. The van der Waals surface area contributed by atoms with Crippen molar-refractivity contribution in [3.8, 4) is 0 Å². The summed E-state index contributed by atoms with van der Waals surface area (Å²) < 4.78 is 0. The highest BCUT2D eigenvalue weighted by molar-refractivity contribution is 4.98. The molecule has 0 aliphatic carbocycles. The van der Waals surface area contributed by atoms with Gasteiger partial charge in [0.2, 0.25) is 0 Å². The molecule has 0 aromatic rings. The number of allylic oxidation sites excluding steroid dienone is 2. The molecule has 0 aliphatic heterocycles. The van der Waals surface area contributed by atoms with E-state index in [1.165, 1.54) is 44.9 Å². The number of hydrogen-bond acceptors (Lipinski definition) is 0. The van der Waals surface area contributed by atoms with E-state index in [4.69, 9.17) is 0 Å².